The number of aromatic nitrogens is 2. The molecule has 0 N–H and O–H groups in total. The van der Waals surface area contributed by atoms with E-state index in [4.69, 9.17) is 0 Å². The predicted molar refractivity (Wildman–Crippen MR) is 137 cm³/mol. The topological polar surface area (TPSA) is 58.4 Å². The lowest BCUT2D eigenvalue weighted by atomic mass is 9.94. The number of amides is 1. The molecule has 7 heteroatoms. The fourth-order valence-corrected chi connectivity index (χ4v) is 6.08. The van der Waals surface area contributed by atoms with Crippen LogP contribution in [0.2, 0.25) is 0 Å². The Morgan fingerprint density at radius 3 is 2.54 bits per heavy atom. The highest BCUT2D eigenvalue weighted by atomic mass is 32.2. The first-order chi connectivity index (χ1) is 17.1. The van der Waals surface area contributed by atoms with Gasteiger partial charge in [0.15, 0.2) is 5.43 Å². The van der Waals surface area contributed by atoms with Crippen LogP contribution in [0.1, 0.15) is 44.5 Å². The second-order valence-corrected chi connectivity index (χ2v) is 9.85. The van der Waals surface area contributed by atoms with Crippen molar-refractivity contribution < 1.29 is 4.79 Å². The summed E-state index contributed by atoms with van der Waals surface area (Å²) in [5.41, 5.74) is 5.20. The maximum absolute atomic E-state index is 13.7. The molecule has 0 spiro atoms. The van der Waals surface area contributed by atoms with E-state index in [1.807, 2.05) is 34.6 Å². The van der Waals surface area contributed by atoms with E-state index in [1.165, 1.54) is 21.6 Å². The minimum atomic E-state index is -0.160. The highest BCUT2D eigenvalue weighted by Crippen LogP contribution is 2.42. The third kappa shape index (κ3) is 3.72. The molecule has 174 valence electrons. The highest BCUT2D eigenvalue weighted by molar-refractivity contribution is 7.98. The van der Waals surface area contributed by atoms with Gasteiger partial charge < -0.3 is 4.90 Å². The maximum Gasteiger partial charge on any atom is 0.274 e. The summed E-state index contributed by atoms with van der Waals surface area (Å²) in [5, 5.41) is 2.20. The van der Waals surface area contributed by atoms with E-state index < -0.39 is 0 Å². The first kappa shape index (κ1) is 21.7. The van der Waals surface area contributed by atoms with Gasteiger partial charge in [-0.05, 0) is 41.8 Å². The van der Waals surface area contributed by atoms with E-state index in [0.29, 0.717) is 24.5 Å². The van der Waals surface area contributed by atoms with E-state index in [1.54, 1.807) is 30.3 Å². The minimum Gasteiger partial charge on any atom is -0.312 e. The molecule has 2 aromatic carbocycles. The number of carbonyl (C=O) groups is 1. The molecule has 2 aliphatic rings. The van der Waals surface area contributed by atoms with Crippen molar-refractivity contribution in [2.24, 2.45) is 0 Å². The smallest absolute Gasteiger partial charge is 0.274 e. The van der Waals surface area contributed by atoms with Gasteiger partial charge in [0.25, 0.3) is 5.91 Å². The minimum absolute atomic E-state index is 0.127. The summed E-state index contributed by atoms with van der Waals surface area (Å²) >= 11 is 1.83. The van der Waals surface area contributed by atoms with E-state index in [9.17, 15) is 9.59 Å². The van der Waals surface area contributed by atoms with Crippen LogP contribution in [0.4, 0.5) is 0 Å². The third-order valence-corrected chi connectivity index (χ3v) is 7.86. The Morgan fingerprint density at radius 1 is 0.943 bits per heavy atom. The molecule has 6 rings (SSSR count). The van der Waals surface area contributed by atoms with Crippen LogP contribution in [0.5, 0.6) is 0 Å². The Morgan fingerprint density at radius 2 is 1.71 bits per heavy atom. The lowest BCUT2D eigenvalue weighted by molar-refractivity contribution is 0.0666. The maximum atomic E-state index is 13.7. The standard InChI is InChI=1S/C28H24N4O2S/c1-19-24(33)13-15-31-26(19)28(34)30(16-21-9-6-7-14-29-21)18-32(31)27-22-10-3-2-8-20(22)17-35-25-12-5-4-11-23(25)27/h2-15,27H,16-18H2,1H3. The summed E-state index contributed by atoms with van der Waals surface area (Å²) in [5.74, 6) is 0.719. The lowest BCUT2D eigenvalue weighted by Gasteiger charge is -2.44. The summed E-state index contributed by atoms with van der Waals surface area (Å²) in [6.07, 6.45) is 3.48. The third-order valence-electron chi connectivity index (χ3n) is 6.73. The van der Waals surface area contributed by atoms with Crippen LogP contribution in [0.15, 0.2) is 94.9 Å². The van der Waals surface area contributed by atoms with Crippen molar-refractivity contribution in [2.75, 3.05) is 11.7 Å². The van der Waals surface area contributed by atoms with Crippen molar-refractivity contribution in [1.29, 1.82) is 0 Å². The second-order valence-electron chi connectivity index (χ2n) is 8.83. The molecule has 2 aromatic heterocycles. The fourth-order valence-electron chi connectivity index (χ4n) is 4.99. The molecule has 1 unspecified atom stereocenters. The molecule has 0 bridgehead atoms. The molecule has 1 atom stereocenters. The van der Waals surface area contributed by atoms with Crippen LogP contribution in [0, 0.1) is 6.92 Å². The highest BCUT2D eigenvalue weighted by Gasteiger charge is 2.37. The van der Waals surface area contributed by atoms with E-state index in [-0.39, 0.29) is 17.4 Å². The van der Waals surface area contributed by atoms with Crippen molar-refractivity contribution in [3.8, 4) is 0 Å². The van der Waals surface area contributed by atoms with Crippen LogP contribution in [0.25, 0.3) is 0 Å². The molecular formula is C28H24N4O2S. The number of hydrogen-bond acceptors (Lipinski definition) is 5. The normalized spacial score (nSPS) is 16.8. The van der Waals surface area contributed by atoms with E-state index in [0.717, 1.165) is 11.4 Å². The molecule has 4 aromatic rings. The molecule has 0 aliphatic carbocycles. The number of thioether (sulfide) groups is 1. The van der Waals surface area contributed by atoms with Crippen LogP contribution in [0.3, 0.4) is 0 Å². The van der Waals surface area contributed by atoms with Crippen LogP contribution in [-0.4, -0.2) is 27.1 Å². The van der Waals surface area contributed by atoms with Gasteiger partial charge in [0.05, 0.1) is 18.3 Å². The lowest BCUT2D eigenvalue weighted by Crippen LogP contribution is -2.55. The number of benzene rings is 2. The zero-order valence-electron chi connectivity index (χ0n) is 19.3. The predicted octanol–water partition coefficient (Wildman–Crippen LogP) is 4.50. The first-order valence-corrected chi connectivity index (χ1v) is 12.6. The molecule has 0 saturated carbocycles. The van der Waals surface area contributed by atoms with Gasteiger partial charge >= 0.3 is 0 Å². The summed E-state index contributed by atoms with van der Waals surface area (Å²) in [7, 11) is 0. The van der Waals surface area contributed by atoms with Crippen molar-refractivity contribution in [1.82, 2.24) is 14.6 Å². The first-order valence-electron chi connectivity index (χ1n) is 11.6. The van der Waals surface area contributed by atoms with Crippen LogP contribution >= 0.6 is 11.8 Å². The van der Waals surface area contributed by atoms with E-state index >= 15 is 0 Å². The Hall–Kier alpha value is -3.84. The molecule has 4 heterocycles. The molecule has 6 nitrogen and oxygen atoms in total. The van der Waals surface area contributed by atoms with Crippen LogP contribution < -0.4 is 10.4 Å². The zero-order chi connectivity index (χ0) is 23.9. The fraction of sp³-hybridized carbons (Fsp3) is 0.179. The molecule has 2 aliphatic heterocycles. The number of pyridine rings is 2. The Balaban J connectivity index is 1.56. The van der Waals surface area contributed by atoms with Crippen molar-refractivity contribution in [3.63, 3.8) is 0 Å². The van der Waals surface area contributed by atoms with Crippen molar-refractivity contribution in [3.05, 3.63) is 129 Å². The average Bonchev–Trinajstić information content (AvgIpc) is 3.05. The largest absolute Gasteiger partial charge is 0.312 e. The zero-order valence-corrected chi connectivity index (χ0v) is 20.1. The van der Waals surface area contributed by atoms with Gasteiger partial charge in [-0.3, -0.25) is 24.3 Å². The molecule has 35 heavy (non-hydrogen) atoms. The molecule has 0 radical (unpaired) electrons. The SMILES string of the molecule is Cc1c2n(ccc1=O)N(C1c3ccccc3CSc3ccccc31)CN(Cc1ccccn1)C2=O. The summed E-state index contributed by atoms with van der Waals surface area (Å²) < 4.78 is 1.89. The molecule has 0 fully saturated rings. The Labute approximate surface area is 207 Å². The second kappa shape index (κ2) is 8.74. The monoisotopic (exact) mass is 480 g/mol. The number of fused-ring (bicyclic) bond motifs is 3. The van der Waals surface area contributed by atoms with Crippen LogP contribution in [-0.2, 0) is 12.3 Å². The van der Waals surface area contributed by atoms with Gasteiger partial charge in [-0.15, -0.1) is 11.8 Å². The van der Waals surface area contributed by atoms with E-state index in [2.05, 4.69) is 58.5 Å². The Bertz CT molecular complexity index is 1440. The average molecular weight is 481 g/mol. The van der Waals surface area contributed by atoms with Gasteiger partial charge in [0.2, 0.25) is 0 Å². The van der Waals surface area contributed by atoms with Gasteiger partial charge in [-0.25, -0.2) is 0 Å². The van der Waals surface area contributed by atoms with Crippen molar-refractivity contribution in [2.45, 2.75) is 30.2 Å². The summed E-state index contributed by atoms with van der Waals surface area (Å²) in [6, 6.07) is 24.1. The number of hydrogen-bond donors (Lipinski definition) is 0. The molecule has 1 amide bonds. The number of carbonyl (C=O) groups excluding carboxylic acids is 1. The number of rotatable bonds is 3. The summed E-state index contributed by atoms with van der Waals surface area (Å²) in [4.78, 5) is 33.8. The molecular weight excluding hydrogens is 456 g/mol. The Kier molecular flexibility index (Phi) is 5.41. The quantitative estimate of drug-likeness (QED) is 0.432. The van der Waals surface area contributed by atoms with Gasteiger partial charge in [0, 0.05) is 34.7 Å². The molecule has 0 saturated heterocycles. The van der Waals surface area contributed by atoms with Crippen molar-refractivity contribution >= 4 is 17.7 Å². The van der Waals surface area contributed by atoms with Gasteiger partial charge in [-0.2, -0.15) is 0 Å². The van der Waals surface area contributed by atoms with Gasteiger partial charge in [-0.1, -0.05) is 48.5 Å². The number of nitrogens with zero attached hydrogens (tertiary/aromatic N) is 4. The summed E-state index contributed by atoms with van der Waals surface area (Å²) in [6.45, 7) is 2.46. The van der Waals surface area contributed by atoms with Gasteiger partial charge in [0.1, 0.15) is 12.4 Å².